The lowest BCUT2D eigenvalue weighted by Crippen LogP contribution is -2.13. The third-order valence-corrected chi connectivity index (χ3v) is 3.56. The van der Waals surface area contributed by atoms with Gasteiger partial charge in [0.25, 0.3) is 0 Å². The number of benzene rings is 1. The molecule has 0 radical (unpaired) electrons. The molecule has 2 rings (SSSR count). The van der Waals surface area contributed by atoms with Gasteiger partial charge in [0, 0.05) is 21.3 Å². The van der Waals surface area contributed by atoms with Crippen LogP contribution in [0.3, 0.4) is 0 Å². The molecule has 118 valence electrons. The van der Waals surface area contributed by atoms with Crippen LogP contribution >= 0.6 is 27.5 Å². The van der Waals surface area contributed by atoms with Crippen LogP contribution < -0.4 is 0 Å². The number of nitrogens with zero attached hydrogens (tertiary/aromatic N) is 1. The third-order valence-electron chi connectivity index (χ3n) is 2.70. The zero-order valence-electron chi connectivity index (χ0n) is 10.4. The molecule has 1 nitrogen and oxygen atoms in total. The highest BCUT2D eigenvalue weighted by Gasteiger charge is 2.39. The van der Waals surface area contributed by atoms with Crippen LogP contribution in [0.4, 0.5) is 26.3 Å². The van der Waals surface area contributed by atoms with Crippen LogP contribution in [-0.4, -0.2) is 4.98 Å². The summed E-state index contributed by atoms with van der Waals surface area (Å²) in [5.74, 6) is 0. The van der Waals surface area contributed by atoms with E-state index in [1.165, 1.54) is 12.3 Å². The molecule has 0 spiro atoms. The largest absolute Gasteiger partial charge is 0.417 e. The van der Waals surface area contributed by atoms with Crippen molar-refractivity contribution in [3.05, 3.63) is 51.1 Å². The predicted molar refractivity (Wildman–Crippen MR) is 72.4 cm³/mol. The highest BCUT2D eigenvalue weighted by molar-refractivity contribution is 9.10. The summed E-state index contributed by atoms with van der Waals surface area (Å²) in [6.07, 6.45) is -8.71. The topological polar surface area (TPSA) is 12.9 Å². The first-order valence-electron chi connectivity index (χ1n) is 5.60. The van der Waals surface area contributed by atoms with Gasteiger partial charge in [0.05, 0.1) is 16.8 Å². The van der Waals surface area contributed by atoms with Crippen LogP contribution in [0.15, 0.2) is 34.9 Å². The Morgan fingerprint density at radius 2 is 1.59 bits per heavy atom. The van der Waals surface area contributed by atoms with E-state index < -0.39 is 29.0 Å². The van der Waals surface area contributed by atoms with E-state index in [9.17, 15) is 26.3 Å². The lowest BCUT2D eigenvalue weighted by Gasteiger charge is -2.17. The van der Waals surface area contributed by atoms with E-state index in [2.05, 4.69) is 20.9 Å². The van der Waals surface area contributed by atoms with Crippen molar-refractivity contribution in [1.29, 1.82) is 0 Å². The zero-order chi connectivity index (χ0) is 16.7. The molecule has 0 aliphatic rings. The molecule has 2 aromatic rings. The molecule has 1 aromatic carbocycles. The molecule has 1 heterocycles. The maximum Gasteiger partial charge on any atom is 0.417 e. The number of hydrogen-bond acceptors (Lipinski definition) is 1. The van der Waals surface area contributed by atoms with E-state index in [0.717, 1.165) is 6.07 Å². The van der Waals surface area contributed by atoms with Crippen molar-refractivity contribution >= 4 is 27.5 Å². The first kappa shape index (κ1) is 17.1. The molecule has 0 saturated carbocycles. The molecule has 1 aromatic heterocycles. The van der Waals surface area contributed by atoms with Crippen LogP contribution in [-0.2, 0) is 12.4 Å². The van der Waals surface area contributed by atoms with Crippen molar-refractivity contribution in [3.8, 4) is 11.3 Å². The minimum absolute atomic E-state index is 0.0582. The molecule has 0 aliphatic heterocycles. The second-order valence-corrected chi connectivity index (χ2v) is 5.53. The van der Waals surface area contributed by atoms with Gasteiger partial charge >= 0.3 is 12.4 Å². The molecule has 0 fully saturated rings. The van der Waals surface area contributed by atoms with Crippen molar-refractivity contribution in [3.63, 3.8) is 0 Å². The van der Waals surface area contributed by atoms with Crippen molar-refractivity contribution in [2.75, 3.05) is 0 Å². The monoisotopic (exact) mass is 403 g/mol. The Morgan fingerprint density at radius 3 is 2.09 bits per heavy atom. The van der Waals surface area contributed by atoms with Crippen LogP contribution in [0.5, 0.6) is 0 Å². The molecule has 0 saturated heterocycles. The van der Waals surface area contributed by atoms with Gasteiger partial charge in [-0.25, -0.2) is 0 Å². The van der Waals surface area contributed by atoms with E-state index in [-0.39, 0.29) is 21.3 Å². The summed E-state index contributed by atoms with van der Waals surface area (Å²) in [6, 6.07) is 3.12. The summed E-state index contributed by atoms with van der Waals surface area (Å²) in [5.41, 5.74) is -3.52. The van der Waals surface area contributed by atoms with Gasteiger partial charge < -0.3 is 0 Å². The van der Waals surface area contributed by atoms with Gasteiger partial charge in [-0.1, -0.05) is 27.5 Å². The second-order valence-electron chi connectivity index (χ2n) is 4.24. The minimum atomic E-state index is -4.98. The fraction of sp³-hybridized carbons (Fsp3) is 0.154. The fourth-order valence-electron chi connectivity index (χ4n) is 1.80. The first-order chi connectivity index (χ1) is 10.00. The lowest BCUT2D eigenvalue weighted by atomic mass is 10.00. The molecule has 0 N–H and O–H groups in total. The van der Waals surface area contributed by atoms with Crippen LogP contribution in [0.2, 0.25) is 5.02 Å². The number of halogens is 8. The molecule has 0 atom stereocenters. The normalized spacial score (nSPS) is 12.5. The van der Waals surface area contributed by atoms with Gasteiger partial charge in [0.2, 0.25) is 0 Å². The summed E-state index contributed by atoms with van der Waals surface area (Å²) in [7, 11) is 0. The Bertz CT molecular complexity index is 711. The number of alkyl halides is 6. The smallest absolute Gasteiger partial charge is 0.256 e. The molecule has 0 aliphatic carbocycles. The van der Waals surface area contributed by atoms with Crippen molar-refractivity contribution < 1.29 is 26.3 Å². The van der Waals surface area contributed by atoms with E-state index in [0.29, 0.717) is 6.07 Å². The minimum Gasteiger partial charge on any atom is -0.256 e. The Morgan fingerprint density at radius 1 is 0.955 bits per heavy atom. The average Bonchev–Trinajstić information content (AvgIpc) is 2.35. The van der Waals surface area contributed by atoms with Crippen LogP contribution in [0, 0.1) is 0 Å². The molecular weight excluding hydrogens is 399 g/mol. The Labute approximate surface area is 134 Å². The Balaban J connectivity index is 2.79. The Hall–Kier alpha value is -1.28. The first-order valence-corrected chi connectivity index (χ1v) is 6.77. The molecule has 0 unspecified atom stereocenters. The van der Waals surface area contributed by atoms with Gasteiger partial charge in [0.15, 0.2) is 0 Å². The van der Waals surface area contributed by atoms with E-state index in [1.54, 1.807) is 0 Å². The van der Waals surface area contributed by atoms with Gasteiger partial charge in [-0.3, -0.25) is 4.98 Å². The van der Waals surface area contributed by atoms with E-state index in [1.807, 2.05) is 0 Å². The van der Waals surface area contributed by atoms with E-state index >= 15 is 0 Å². The van der Waals surface area contributed by atoms with Gasteiger partial charge in [-0.2, -0.15) is 26.3 Å². The second kappa shape index (κ2) is 5.73. The quantitative estimate of drug-likeness (QED) is 0.516. The molecular formula is C13H5BrClF6N. The molecule has 9 heteroatoms. The average molecular weight is 405 g/mol. The number of hydrogen-bond donors (Lipinski definition) is 0. The summed E-state index contributed by atoms with van der Waals surface area (Å²) in [4.78, 5) is 3.74. The maximum atomic E-state index is 13.1. The highest BCUT2D eigenvalue weighted by Crippen LogP contribution is 2.44. The van der Waals surface area contributed by atoms with Crippen molar-refractivity contribution in [2.45, 2.75) is 12.4 Å². The van der Waals surface area contributed by atoms with Crippen LogP contribution in [0.25, 0.3) is 11.3 Å². The molecule has 22 heavy (non-hydrogen) atoms. The SMILES string of the molecule is FC(F)(F)c1cc(Br)c(-c2cc(Cl)ccn2)c(C(F)(F)F)c1. The zero-order valence-corrected chi connectivity index (χ0v) is 12.7. The standard InChI is InChI=1S/C13H5BrClF6N/c14-9-4-6(12(16,17)18)3-8(13(19,20)21)11(9)10-5-7(15)1-2-22-10/h1-5H. The van der Waals surface area contributed by atoms with Gasteiger partial charge in [-0.05, 0) is 24.3 Å². The predicted octanol–water partition coefficient (Wildman–Crippen LogP) is 6.20. The summed E-state index contributed by atoms with van der Waals surface area (Å²) < 4.78 is 77.2. The van der Waals surface area contributed by atoms with Gasteiger partial charge in [0.1, 0.15) is 0 Å². The van der Waals surface area contributed by atoms with Crippen molar-refractivity contribution in [2.24, 2.45) is 0 Å². The molecule has 0 amide bonds. The van der Waals surface area contributed by atoms with Crippen LogP contribution in [0.1, 0.15) is 11.1 Å². The molecule has 0 bridgehead atoms. The summed E-state index contributed by atoms with van der Waals surface area (Å²) in [6.45, 7) is 0. The third kappa shape index (κ3) is 3.55. The van der Waals surface area contributed by atoms with E-state index in [4.69, 9.17) is 11.6 Å². The summed E-state index contributed by atoms with van der Waals surface area (Å²) >= 11 is 8.46. The number of pyridine rings is 1. The number of aromatic nitrogens is 1. The number of rotatable bonds is 1. The van der Waals surface area contributed by atoms with Gasteiger partial charge in [-0.15, -0.1) is 0 Å². The maximum absolute atomic E-state index is 13.1. The Kier molecular flexibility index (Phi) is 4.45. The summed E-state index contributed by atoms with van der Waals surface area (Å²) in [5, 5.41) is 0.116. The highest BCUT2D eigenvalue weighted by atomic mass is 79.9. The lowest BCUT2D eigenvalue weighted by molar-refractivity contribution is -0.142. The fourth-order valence-corrected chi connectivity index (χ4v) is 2.62. The van der Waals surface area contributed by atoms with Crippen molar-refractivity contribution in [1.82, 2.24) is 4.98 Å².